The summed E-state index contributed by atoms with van der Waals surface area (Å²) in [5.41, 5.74) is 5.08. The van der Waals surface area contributed by atoms with Crippen LogP contribution >= 0.6 is 0 Å². The van der Waals surface area contributed by atoms with Crippen LogP contribution in [0.3, 0.4) is 0 Å². The molecule has 48 heavy (non-hydrogen) atoms. The average molecular weight is 655 g/mol. The van der Waals surface area contributed by atoms with Crippen LogP contribution in [0.4, 0.5) is 0 Å². The normalized spacial score (nSPS) is 24.7. The Kier molecular flexibility index (Phi) is 8.57. The van der Waals surface area contributed by atoms with Gasteiger partial charge in [0, 0.05) is 33.4 Å². The standard InChI is InChI=1S/C40H54N4O4/c1-37(2,3)27-19-45-33(41-27)23-15-13-16-24(34-42-28(20-46-34)38(4,5)6)31(23)32-25(35-43-29(21-47-35)39(7,8)9)17-14-18-26(32)36-44-30(22-48-36)40(10,11)12/h13-18,27-30H,19-22H2,1-12H3/t27-,28-,29-,30-/m1/s1. The Balaban J connectivity index is 1.65. The number of hydrogen-bond acceptors (Lipinski definition) is 8. The minimum atomic E-state index is -0.0516. The van der Waals surface area contributed by atoms with E-state index in [9.17, 15) is 0 Å². The van der Waals surface area contributed by atoms with Crippen LogP contribution in [0.15, 0.2) is 56.4 Å². The maximum absolute atomic E-state index is 6.43. The molecule has 4 aliphatic rings. The van der Waals surface area contributed by atoms with Gasteiger partial charge in [0.05, 0.1) is 24.2 Å². The van der Waals surface area contributed by atoms with Crippen LogP contribution in [0, 0.1) is 21.7 Å². The molecule has 4 aliphatic heterocycles. The monoisotopic (exact) mass is 654 g/mol. The predicted molar refractivity (Wildman–Crippen MR) is 195 cm³/mol. The van der Waals surface area contributed by atoms with E-state index in [4.69, 9.17) is 38.9 Å². The highest BCUT2D eigenvalue weighted by atomic mass is 16.5. The Hall–Kier alpha value is -3.68. The van der Waals surface area contributed by atoms with Crippen molar-refractivity contribution < 1.29 is 18.9 Å². The lowest BCUT2D eigenvalue weighted by Crippen LogP contribution is -2.25. The van der Waals surface area contributed by atoms with Crippen LogP contribution in [0.1, 0.15) is 105 Å². The van der Waals surface area contributed by atoms with Gasteiger partial charge in [0.15, 0.2) is 0 Å². The fraction of sp³-hybridized carbons (Fsp3) is 0.600. The van der Waals surface area contributed by atoms with Crippen molar-refractivity contribution >= 4 is 23.6 Å². The van der Waals surface area contributed by atoms with Gasteiger partial charge in [0.1, 0.15) is 26.4 Å². The van der Waals surface area contributed by atoms with Gasteiger partial charge in [-0.2, -0.15) is 0 Å². The zero-order valence-electron chi connectivity index (χ0n) is 31.0. The number of benzene rings is 2. The highest BCUT2D eigenvalue weighted by Gasteiger charge is 2.39. The van der Waals surface area contributed by atoms with Gasteiger partial charge in [-0.25, -0.2) is 20.0 Å². The maximum atomic E-state index is 6.43. The highest BCUT2D eigenvalue weighted by Crippen LogP contribution is 2.41. The fourth-order valence-electron chi connectivity index (χ4n) is 6.22. The van der Waals surface area contributed by atoms with Crippen molar-refractivity contribution in [3.05, 3.63) is 58.7 Å². The Morgan fingerprint density at radius 1 is 0.396 bits per heavy atom. The summed E-state index contributed by atoms with van der Waals surface area (Å²) in [5.74, 6) is 2.45. The smallest absolute Gasteiger partial charge is 0.217 e. The summed E-state index contributed by atoms with van der Waals surface area (Å²) in [4.78, 5) is 20.7. The van der Waals surface area contributed by atoms with E-state index in [0.29, 0.717) is 50.0 Å². The van der Waals surface area contributed by atoms with Crippen LogP contribution in [-0.2, 0) is 18.9 Å². The third-order valence-electron chi connectivity index (χ3n) is 9.90. The summed E-state index contributed by atoms with van der Waals surface area (Å²) in [7, 11) is 0. The third-order valence-corrected chi connectivity index (χ3v) is 9.90. The molecule has 0 unspecified atom stereocenters. The van der Waals surface area contributed by atoms with Crippen molar-refractivity contribution in [2.24, 2.45) is 41.6 Å². The lowest BCUT2D eigenvalue weighted by atomic mass is 9.86. The lowest BCUT2D eigenvalue weighted by Gasteiger charge is -2.22. The minimum absolute atomic E-state index is 0.0224. The van der Waals surface area contributed by atoms with Crippen molar-refractivity contribution in [3.63, 3.8) is 0 Å². The fourth-order valence-corrected chi connectivity index (χ4v) is 6.22. The highest BCUT2D eigenvalue weighted by molar-refractivity contribution is 6.17. The molecule has 258 valence electrons. The van der Waals surface area contributed by atoms with E-state index in [1.165, 1.54) is 0 Å². The van der Waals surface area contributed by atoms with Gasteiger partial charge < -0.3 is 18.9 Å². The van der Waals surface area contributed by atoms with Crippen LogP contribution in [-0.4, -0.2) is 74.2 Å². The van der Waals surface area contributed by atoms with E-state index in [1.54, 1.807) is 0 Å². The first-order chi connectivity index (χ1) is 22.3. The second-order valence-electron chi connectivity index (χ2n) is 18.0. The SMILES string of the molecule is CC(C)(C)[C@H]1COC(c2cccc(C3=N[C@@H](C(C)(C)C)CO3)c2-c2c(C3=N[C@@H](C(C)(C)C)CO3)cccc2C2=N[C@@H](C(C)(C)C)CO2)=N1. The molecule has 0 N–H and O–H groups in total. The van der Waals surface area contributed by atoms with Gasteiger partial charge in [-0.05, 0) is 45.9 Å². The molecule has 0 amide bonds. The molecule has 0 aliphatic carbocycles. The zero-order valence-corrected chi connectivity index (χ0v) is 31.0. The van der Waals surface area contributed by atoms with Crippen LogP contribution in [0.25, 0.3) is 11.1 Å². The number of nitrogens with zero attached hydrogens (tertiary/aromatic N) is 4. The number of aliphatic imine (C=N–C) groups is 4. The molecule has 8 heteroatoms. The minimum Gasteiger partial charge on any atom is -0.475 e. The summed E-state index contributed by atoms with van der Waals surface area (Å²) >= 11 is 0. The van der Waals surface area contributed by atoms with Crippen molar-refractivity contribution in [1.82, 2.24) is 0 Å². The van der Waals surface area contributed by atoms with E-state index < -0.39 is 0 Å². The van der Waals surface area contributed by atoms with E-state index >= 15 is 0 Å². The number of ether oxygens (including phenoxy) is 4. The van der Waals surface area contributed by atoms with E-state index in [1.807, 2.05) is 12.1 Å². The van der Waals surface area contributed by atoms with Crippen LogP contribution in [0.5, 0.6) is 0 Å². The molecule has 0 fully saturated rings. The molecular weight excluding hydrogens is 600 g/mol. The summed E-state index contributed by atoms with van der Waals surface area (Å²) < 4.78 is 25.7. The Morgan fingerprint density at radius 3 is 0.771 bits per heavy atom. The Bertz CT molecular complexity index is 1450. The molecule has 0 radical (unpaired) electrons. The molecule has 2 aromatic carbocycles. The molecule has 0 bridgehead atoms. The second kappa shape index (κ2) is 12.0. The largest absolute Gasteiger partial charge is 0.475 e. The average Bonchev–Trinajstić information content (AvgIpc) is 3.81. The molecule has 0 aromatic heterocycles. The summed E-state index contributed by atoms with van der Waals surface area (Å²) in [6.45, 7) is 28.5. The zero-order chi connectivity index (χ0) is 34.8. The lowest BCUT2D eigenvalue weighted by molar-refractivity contribution is 0.235. The van der Waals surface area contributed by atoms with E-state index in [0.717, 1.165) is 33.4 Å². The first kappa shape index (κ1) is 34.2. The van der Waals surface area contributed by atoms with Gasteiger partial charge in [-0.1, -0.05) is 95.2 Å². The van der Waals surface area contributed by atoms with Crippen molar-refractivity contribution in [3.8, 4) is 11.1 Å². The molecule has 4 heterocycles. The maximum Gasteiger partial charge on any atom is 0.217 e. The van der Waals surface area contributed by atoms with Gasteiger partial charge >= 0.3 is 0 Å². The predicted octanol–water partition coefficient (Wildman–Crippen LogP) is 8.12. The van der Waals surface area contributed by atoms with Gasteiger partial charge in [0.25, 0.3) is 0 Å². The van der Waals surface area contributed by atoms with Crippen LogP contribution in [0.2, 0.25) is 0 Å². The molecule has 0 saturated heterocycles. The number of hydrogen-bond donors (Lipinski definition) is 0. The van der Waals surface area contributed by atoms with Crippen LogP contribution < -0.4 is 0 Å². The Morgan fingerprint density at radius 2 is 0.604 bits per heavy atom. The van der Waals surface area contributed by atoms with E-state index in [-0.39, 0.29) is 45.8 Å². The first-order valence-corrected chi connectivity index (χ1v) is 17.4. The van der Waals surface area contributed by atoms with Gasteiger partial charge in [-0.15, -0.1) is 0 Å². The van der Waals surface area contributed by atoms with Gasteiger partial charge in [-0.3, -0.25) is 0 Å². The molecule has 6 rings (SSSR count). The molecular formula is C40H54N4O4. The number of rotatable bonds is 5. The third kappa shape index (κ3) is 6.64. The van der Waals surface area contributed by atoms with Crippen molar-refractivity contribution in [2.45, 2.75) is 107 Å². The van der Waals surface area contributed by atoms with Crippen molar-refractivity contribution in [2.75, 3.05) is 26.4 Å². The molecule has 0 spiro atoms. The first-order valence-electron chi connectivity index (χ1n) is 17.4. The van der Waals surface area contributed by atoms with E-state index in [2.05, 4.69) is 107 Å². The van der Waals surface area contributed by atoms with Crippen molar-refractivity contribution in [1.29, 1.82) is 0 Å². The topological polar surface area (TPSA) is 86.4 Å². The summed E-state index contributed by atoms with van der Waals surface area (Å²) in [6.07, 6.45) is 0. The quantitative estimate of drug-likeness (QED) is 0.326. The summed E-state index contributed by atoms with van der Waals surface area (Å²) in [6, 6.07) is 12.5. The van der Waals surface area contributed by atoms with Gasteiger partial charge in [0.2, 0.25) is 23.6 Å². The molecule has 8 nitrogen and oxygen atoms in total. The Labute approximate surface area is 287 Å². The second-order valence-corrected chi connectivity index (χ2v) is 18.0. The molecule has 0 saturated carbocycles. The summed E-state index contributed by atoms with van der Waals surface area (Å²) in [5, 5.41) is 0. The molecule has 4 atom stereocenters. The molecule has 2 aromatic rings.